The number of halogens is 2. The fourth-order valence-electron chi connectivity index (χ4n) is 1.54. The number of thiophene rings is 1. The Balaban J connectivity index is 2.09. The molecule has 0 radical (unpaired) electrons. The molecule has 0 spiro atoms. The third-order valence-electron chi connectivity index (χ3n) is 2.63. The molecule has 0 saturated carbocycles. The molecule has 12 heteroatoms. The summed E-state index contributed by atoms with van der Waals surface area (Å²) < 4.78 is 32.4. The molecule has 2 amide bonds. The number of aromatic nitrogens is 1. The third kappa shape index (κ3) is 5.23. The highest BCUT2D eigenvalue weighted by atomic mass is 79.9. The first kappa shape index (κ1) is 19.8. The van der Waals surface area contributed by atoms with Crippen LogP contribution in [0.15, 0.2) is 36.9 Å². The Kier molecular flexibility index (Phi) is 6.54. The second kappa shape index (κ2) is 8.25. The highest BCUT2D eigenvalue weighted by Gasteiger charge is 2.22. The zero-order chi connectivity index (χ0) is 18.6. The lowest BCUT2D eigenvalue weighted by atomic mass is 10.3. The normalized spacial score (nSPS) is 11.0. The van der Waals surface area contributed by atoms with Gasteiger partial charge in [0.25, 0.3) is 15.9 Å². The smallest absolute Gasteiger partial charge is 0.391 e. The van der Waals surface area contributed by atoms with Gasteiger partial charge in [-0.1, -0.05) is 0 Å². The van der Waals surface area contributed by atoms with Crippen molar-refractivity contribution in [2.24, 2.45) is 0 Å². The fourth-order valence-corrected chi connectivity index (χ4v) is 5.33. The molecule has 0 unspecified atom stereocenters. The van der Waals surface area contributed by atoms with Crippen LogP contribution in [0.2, 0.25) is 0 Å². The monoisotopic (exact) mass is 511 g/mol. The minimum Gasteiger partial charge on any atom is -0.391 e. The van der Waals surface area contributed by atoms with Crippen molar-refractivity contribution in [3.8, 4) is 5.88 Å². The summed E-state index contributed by atoms with van der Waals surface area (Å²) in [4.78, 5) is 27.2. The quantitative estimate of drug-likeness (QED) is 0.636. The van der Waals surface area contributed by atoms with E-state index in [-0.39, 0.29) is 15.7 Å². The van der Waals surface area contributed by atoms with Crippen molar-refractivity contribution in [1.29, 1.82) is 0 Å². The van der Waals surface area contributed by atoms with Gasteiger partial charge in [-0.05, 0) is 50.9 Å². The van der Waals surface area contributed by atoms with Gasteiger partial charge in [-0.15, -0.1) is 11.3 Å². The predicted octanol–water partition coefficient (Wildman–Crippen LogP) is 2.90. The number of rotatable bonds is 5. The molecule has 0 aliphatic carbocycles. The van der Waals surface area contributed by atoms with E-state index in [1.807, 2.05) is 4.72 Å². The Morgan fingerprint density at radius 2 is 2.04 bits per heavy atom. The maximum atomic E-state index is 12.2. The van der Waals surface area contributed by atoms with Crippen molar-refractivity contribution in [2.75, 3.05) is 6.54 Å². The minimum absolute atomic E-state index is 0.00140. The maximum absolute atomic E-state index is 12.2. The summed E-state index contributed by atoms with van der Waals surface area (Å²) in [6.07, 6.45) is 0.434. The lowest BCUT2D eigenvalue weighted by Gasteiger charge is -2.06. The number of amides is 2. The average molecular weight is 513 g/mol. The van der Waals surface area contributed by atoms with Crippen molar-refractivity contribution >= 4 is 65.2 Å². The van der Waals surface area contributed by atoms with Gasteiger partial charge in [0, 0.05) is 23.3 Å². The molecule has 25 heavy (non-hydrogen) atoms. The summed E-state index contributed by atoms with van der Waals surface area (Å²) in [5.74, 6) is -0.867. The van der Waals surface area contributed by atoms with Crippen LogP contribution in [0.25, 0.3) is 0 Å². The minimum atomic E-state index is -4.01. The van der Waals surface area contributed by atoms with Crippen molar-refractivity contribution in [3.05, 3.63) is 38.2 Å². The number of carbonyl (C=O) groups is 2. The van der Waals surface area contributed by atoms with Crippen LogP contribution < -0.4 is 14.8 Å². The number of carbonyl (C=O) groups excluding carboxylic acids is 2. The summed E-state index contributed by atoms with van der Waals surface area (Å²) in [5, 5.41) is 2.42. The van der Waals surface area contributed by atoms with E-state index in [0.29, 0.717) is 14.8 Å². The Hall–Kier alpha value is -1.50. The molecule has 2 N–H and O–H groups in total. The van der Waals surface area contributed by atoms with E-state index in [2.05, 4.69) is 42.2 Å². The molecule has 0 atom stereocenters. The lowest BCUT2D eigenvalue weighted by molar-refractivity contribution is 0.0981. The highest BCUT2D eigenvalue weighted by molar-refractivity contribution is 9.13. The second-order valence-electron chi connectivity index (χ2n) is 4.43. The Bertz CT molecular complexity index is 877. The number of sulfonamides is 1. The molecular formula is C13H11Br2N3O5S2. The number of nitrogens with one attached hydrogen (secondary N) is 2. The maximum Gasteiger partial charge on any atom is 0.413 e. The van der Waals surface area contributed by atoms with Gasteiger partial charge >= 0.3 is 6.09 Å². The number of hydrogen-bond donors (Lipinski definition) is 2. The number of ether oxygens (including phenoxy) is 1. The number of nitrogens with zero attached hydrogens (tertiary/aromatic N) is 1. The molecule has 0 saturated heterocycles. The fraction of sp³-hybridized carbons (Fsp3) is 0.154. The molecular weight excluding hydrogens is 502 g/mol. The van der Waals surface area contributed by atoms with Gasteiger partial charge in [0.2, 0.25) is 5.88 Å². The van der Waals surface area contributed by atoms with Gasteiger partial charge in [0.15, 0.2) is 0 Å². The molecule has 134 valence electrons. The zero-order valence-corrected chi connectivity index (χ0v) is 17.4. The molecule has 0 bridgehead atoms. The van der Waals surface area contributed by atoms with Crippen LogP contribution in [0.3, 0.4) is 0 Å². The van der Waals surface area contributed by atoms with E-state index in [9.17, 15) is 18.0 Å². The summed E-state index contributed by atoms with van der Waals surface area (Å²) in [7, 11) is -4.01. The molecule has 0 aliphatic heterocycles. The van der Waals surface area contributed by atoms with Gasteiger partial charge < -0.3 is 10.1 Å². The van der Waals surface area contributed by atoms with E-state index in [1.165, 1.54) is 18.2 Å². The number of pyridine rings is 1. The van der Waals surface area contributed by atoms with Crippen LogP contribution in [0.1, 0.15) is 17.3 Å². The van der Waals surface area contributed by atoms with Gasteiger partial charge in [-0.25, -0.2) is 22.9 Å². The Labute approximate surface area is 164 Å². The summed E-state index contributed by atoms with van der Waals surface area (Å²) in [5.41, 5.74) is 0.00140. The predicted molar refractivity (Wildman–Crippen MR) is 98.3 cm³/mol. The molecule has 2 aromatic rings. The lowest BCUT2D eigenvalue weighted by Crippen LogP contribution is -2.30. The average Bonchev–Trinajstić information content (AvgIpc) is 2.88. The molecule has 2 rings (SSSR count). The van der Waals surface area contributed by atoms with Crippen molar-refractivity contribution in [1.82, 2.24) is 15.0 Å². The van der Waals surface area contributed by atoms with E-state index < -0.39 is 22.0 Å². The summed E-state index contributed by atoms with van der Waals surface area (Å²) in [6.45, 7) is 2.12. The summed E-state index contributed by atoms with van der Waals surface area (Å²) >= 11 is 7.34. The van der Waals surface area contributed by atoms with Crippen LogP contribution in [0.5, 0.6) is 5.88 Å². The zero-order valence-electron chi connectivity index (χ0n) is 12.6. The van der Waals surface area contributed by atoms with Crippen LogP contribution in [0, 0.1) is 0 Å². The Morgan fingerprint density at radius 3 is 2.56 bits per heavy atom. The molecule has 0 fully saturated rings. The first-order valence-corrected chi connectivity index (χ1v) is 10.5. The van der Waals surface area contributed by atoms with E-state index in [0.717, 1.165) is 17.5 Å². The second-order valence-corrected chi connectivity index (χ2v) is 9.56. The Morgan fingerprint density at radius 1 is 1.32 bits per heavy atom. The van der Waals surface area contributed by atoms with Crippen molar-refractivity contribution < 1.29 is 22.7 Å². The molecule has 0 aromatic carbocycles. The third-order valence-corrected chi connectivity index (χ3v) is 7.69. The largest absolute Gasteiger partial charge is 0.413 e. The van der Waals surface area contributed by atoms with Gasteiger partial charge in [-0.3, -0.25) is 4.79 Å². The van der Waals surface area contributed by atoms with Crippen LogP contribution in [-0.4, -0.2) is 31.9 Å². The van der Waals surface area contributed by atoms with Crippen LogP contribution in [-0.2, 0) is 10.0 Å². The molecule has 2 aromatic heterocycles. The van der Waals surface area contributed by atoms with Crippen molar-refractivity contribution in [3.63, 3.8) is 0 Å². The summed E-state index contributed by atoms with van der Waals surface area (Å²) in [6, 6.07) is 3.97. The molecule has 0 aliphatic rings. The van der Waals surface area contributed by atoms with E-state index in [1.54, 1.807) is 6.92 Å². The first-order chi connectivity index (χ1) is 11.7. The van der Waals surface area contributed by atoms with Crippen LogP contribution in [0.4, 0.5) is 4.79 Å². The SMILES string of the molecule is CCNC(=O)Oc1ccc(C(=O)NS(=O)(=O)c2cc(Br)c(Br)s2)cn1. The standard InChI is InChI=1S/C13H11Br2N3O5S2/c1-2-16-13(20)23-9-4-3-7(6-17-9)12(19)18-25(21,22)10-5-8(14)11(15)24-10/h3-6H,2H2,1H3,(H,16,20)(H,18,19). The molecule has 8 nitrogen and oxygen atoms in total. The van der Waals surface area contributed by atoms with Gasteiger partial charge in [0.1, 0.15) is 4.21 Å². The van der Waals surface area contributed by atoms with Gasteiger partial charge in [-0.2, -0.15) is 0 Å². The molecule has 2 heterocycles. The van der Waals surface area contributed by atoms with Crippen LogP contribution >= 0.6 is 43.2 Å². The van der Waals surface area contributed by atoms with Gasteiger partial charge in [0.05, 0.1) is 9.35 Å². The topological polar surface area (TPSA) is 114 Å². The van der Waals surface area contributed by atoms with E-state index >= 15 is 0 Å². The number of hydrogen-bond acceptors (Lipinski definition) is 7. The first-order valence-electron chi connectivity index (χ1n) is 6.66. The van der Waals surface area contributed by atoms with E-state index in [4.69, 9.17) is 4.74 Å². The van der Waals surface area contributed by atoms with Crippen molar-refractivity contribution in [2.45, 2.75) is 11.1 Å². The highest BCUT2D eigenvalue weighted by Crippen LogP contribution is 2.34.